The van der Waals surface area contributed by atoms with Crippen LogP contribution in [-0.4, -0.2) is 34.2 Å². The summed E-state index contributed by atoms with van der Waals surface area (Å²) in [4.78, 5) is 12.0. The second kappa shape index (κ2) is 8.81. The molecule has 0 atom stereocenters. The number of nitrogens with zero attached hydrogens (tertiary/aromatic N) is 1. The molecule has 2 aromatic rings. The molecule has 1 N–H and O–H groups in total. The number of halogens is 2. The minimum absolute atomic E-state index is 0.00633. The first-order chi connectivity index (χ1) is 12.7. The standard InChI is InChI=1S/C18H20F2N2O4S/c1-26-16-10-4-3-9-15(16)22(27(2,24)25)12-6-11-17(23)21-18-13(19)7-5-8-14(18)20/h3-5,7-10H,6,11-12H2,1-2H3,(H,21,23). The zero-order chi connectivity index (χ0) is 20.0. The van der Waals surface area contributed by atoms with Crippen LogP contribution in [0, 0.1) is 11.6 Å². The Morgan fingerprint density at radius 1 is 1.11 bits per heavy atom. The highest BCUT2D eigenvalue weighted by molar-refractivity contribution is 7.92. The highest BCUT2D eigenvalue weighted by Gasteiger charge is 2.21. The maximum Gasteiger partial charge on any atom is 0.232 e. The predicted molar refractivity (Wildman–Crippen MR) is 99.4 cm³/mol. The smallest absolute Gasteiger partial charge is 0.232 e. The van der Waals surface area contributed by atoms with Gasteiger partial charge in [0.2, 0.25) is 15.9 Å². The monoisotopic (exact) mass is 398 g/mol. The Balaban J connectivity index is 2.05. The zero-order valence-corrected chi connectivity index (χ0v) is 15.7. The quantitative estimate of drug-likeness (QED) is 0.741. The lowest BCUT2D eigenvalue weighted by molar-refractivity contribution is -0.116. The second-order valence-corrected chi connectivity index (χ2v) is 7.66. The van der Waals surface area contributed by atoms with Crippen molar-refractivity contribution < 1.29 is 26.7 Å². The van der Waals surface area contributed by atoms with Crippen LogP contribution in [0.3, 0.4) is 0 Å². The molecule has 0 saturated heterocycles. The number of carbonyl (C=O) groups excluding carboxylic acids is 1. The summed E-state index contributed by atoms with van der Waals surface area (Å²) >= 11 is 0. The van der Waals surface area contributed by atoms with Gasteiger partial charge in [-0.15, -0.1) is 0 Å². The van der Waals surface area contributed by atoms with Crippen molar-refractivity contribution in [3.05, 3.63) is 54.1 Å². The number of hydrogen-bond acceptors (Lipinski definition) is 4. The van der Waals surface area contributed by atoms with Gasteiger partial charge in [0.25, 0.3) is 0 Å². The molecule has 0 aliphatic rings. The van der Waals surface area contributed by atoms with Gasteiger partial charge in [0.1, 0.15) is 23.1 Å². The lowest BCUT2D eigenvalue weighted by Gasteiger charge is -2.24. The Morgan fingerprint density at radius 3 is 2.33 bits per heavy atom. The van der Waals surface area contributed by atoms with Crippen LogP contribution in [0.5, 0.6) is 5.75 Å². The van der Waals surface area contributed by atoms with E-state index in [0.717, 1.165) is 22.7 Å². The number of sulfonamides is 1. The average Bonchev–Trinajstić information content (AvgIpc) is 2.61. The predicted octanol–water partition coefficient (Wildman–Crippen LogP) is 3.16. The minimum Gasteiger partial charge on any atom is -0.495 e. The second-order valence-electron chi connectivity index (χ2n) is 5.76. The number of rotatable bonds is 8. The van der Waals surface area contributed by atoms with Gasteiger partial charge in [-0.05, 0) is 30.7 Å². The molecular weight excluding hydrogens is 378 g/mol. The summed E-state index contributed by atoms with van der Waals surface area (Å²) in [5, 5.41) is 2.17. The van der Waals surface area contributed by atoms with Crippen molar-refractivity contribution in [2.45, 2.75) is 12.8 Å². The summed E-state index contributed by atoms with van der Waals surface area (Å²) in [6.07, 6.45) is 1.08. The number of ether oxygens (including phenoxy) is 1. The fourth-order valence-corrected chi connectivity index (χ4v) is 3.47. The van der Waals surface area contributed by atoms with E-state index in [1.54, 1.807) is 24.3 Å². The Labute approximate surface area is 156 Å². The molecule has 0 spiro atoms. The molecule has 0 aliphatic heterocycles. The van der Waals surface area contributed by atoms with Gasteiger partial charge in [0, 0.05) is 13.0 Å². The number of nitrogens with one attached hydrogen (secondary N) is 1. The summed E-state index contributed by atoms with van der Waals surface area (Å²) in [5.41, 5.74) is -0.171. The lowest BCUT2D eigenvalue weighted by Crippen LogP contribution is -2.31. The molecule has 6 nitrogen and oxygen atoms in total. The van der Waals surface area contributed by atoms with E-state index in [-0.39, 0.29) is 19.4 Å². The first-order valence-electron chi connectivity index (χ1n) is 8.08. The summed E-state index contributed by atoms with van der Waals surface area (Å²) in [5.74, 6) is -2.00. The van der Waals surface area contributed by atoms with Gasteiger partial charge in [-0.2, -0.15) is 0 Å². The van der Waals surface area contributed by atoms with Crippen LogP contribution in [-0.2, 0) is 14.8 Å². The average molecular weight is 398 g/mol. The molecule has 0 aliphatic carbocycles. The van der Waals surface area contributed by atoms with Crippen LogP contribution in [0.4, 0.5) is 20.2 Å². The van der Waals surface area contributed by atoms with Crippen molar-refractivity contribution >= 4 is 27.3 Å². The maximum absolute atomic E-state index is 13.6. The summed E-state index contributed by atoms with van der Waals surface area (Å²) in [6.45, 7) is 0.00633. The van der Waals surface area contributed by atoms with E-state index < -0.39 is 33.3 Å². The third kappa shape index (κ3) is 5.40. The van der Waals surface area contributed by atoms with Gasteiger partial charge in [-0.1, -0.05) is 18.2 Å². The van der Waals surface area contributed by atoms with Gasteiger partial charge in [0.15, 0.2) is 0 Å². The molecule has 1 amide bonds. The van der Waals surface area contributed by atoms with Crippen LogP contribution >= 0.6 is 0 Å². The van der Waals surface area contributed by atoms with E-state index in [4.69, 9.17) is 4.74 Å². The highest BCUT2D eigenvalue weighted by Crippen LogP contribution is 2.29. The van der Waals surface area contributed by atoms with Crippen molar-refractivity contribution in [2.75, 3.05) is 29.5 Å². The fourth-order valence-electron chi connectivity index (χ4n) is 2.50. The van der Waals surface area contributed by atoms with Crippen LogP contribution in [0.25, 0.3) is 0 Å². The minimum atomic E-state index is -3.62. The molecule has 2 aromatic carbocycles. The summed E-state index contributed by atoms with van der Waals surface area (Å²) in [6, 6.07) is 9.85. The van der Waals surface area contributed by atoms with Crippen LogP contribution in [0.15, 0.2) is 42.5 Å². The molecule has 0 aromatic heterocycles. The lowest BCUT2D eigenvalue weighted by atomic mass is 10.2. The van der Waals surface area contributed by atoms with Gasteiger partial charge < -0.3 is 10.1 Å². The van der Waals surface area contributed by atoms with E-state index in [9.17, 15) is 22.0 Å². The number of carbonyl (C=O) groups is 1. The topological polar surface area (TPSA) is 75.7 Å². The van der Waals surface area contributed by atoms with Crippen molar-refractivity contribution in [2.24, 2.45) is 0 Å². The number of hydrogen-bond donors (Lipinski definition) is 1. The molecular formula is C18H20F2N2O4S. The Bertz CT molecular complexity index is 899. The fraction of sp³-hybridized carbons (Fsp3) is 0.278. The Hall–Kier alpha value is -2.68. The number of benzene rings is 2. The van der Waals surface area contributed by atoms with Crippen molar-refractivity contribution in [1.82, 2.24) is 0 Å². The molecule has 0 saturated carbocycles. The molecule has 0 radical (unpaired) electrons. The van der Waals surface area contributed by atoms with E-state index in [1.807, 2.05) is 0 Å². The molecule has 0 bridgehead atoms. The molecule has 0 unspecified atom stereocenters. The molecule has 0 fully saturated rings. The van der Waals surface area contributed by atoms with Crippen molar-refractivity contribution in [1.29, 1.82) is 0 Å². The normalized spacial score (nSPS) is 11.1. The van der Waals surface area contributed by atoms with E-state index in [0.29, 0.717) is 11.4 Å². The highest BCUT2D eigenvalue weighted by atomic mass is 32.2. The summed E-state index contributed by atoms with van der Waals surface area (Å²) < 4.78 is 57.7. The number of amides is 1. The van der Waals surface area contributed by atoms with Crippen molar-refractivity contribution in [3.8, 4) is 5.75 Å². The van der Waals surface area contributed by atoms with E-state index in [1.165, 1.54) is 13.2 Å². The molecule has 146 valence electrons. The molecule has 2 rings (SSSR count). The van der Waals surface area contributed by atoms with Gasteiger partial charge in [-0.3, -0.25) is 9.10 Å². The van der Waals surface area contributed by atoms with E-state index in [2.05, 4.69) is 5.32 Å². The van der Waals surface area contributed by atoms with Gasteiger partial charge in [-0.25, -0.2) is 17.2 Å². The van der Waals surface area contributed by atoms with Crippen LogP contribution in [0.1, 0.15) is 12.8 Å². The largest absolute Gasteiger partial charge is 0.495 e. The molecule has 9 heteroatoms. The molecule has 27 heavy (non-hydrogen) atoms. The third-order valence-electron chi connectivity index (χ3n) is 3.75. The first-order valence-corrected chi connectivity index (χ1v) is 9.93. The maximum atomic E-state index is 13.6. The number of para-hydroxylation sites is 3. The Morgan fingerprint density at radius 2 is 1.74 bits per heavy atom. The zero-order valence-electron chi connectivity index (χ0n) is 14.9. The summed E-state index contributed by atoms with van der Waals surface area (Å²) in [7, 11) is -2.19. The number of anilines is 2. The number of methoxy groups -OCH3 is 1. The third-order valence-corrected chi connectivity index (χ3v) is 4.93. The van der Waals surface area contributed by atoms with E-state index >= 15 is 0 Å². The van der Waals surface area contributed by atoms with Crippen LogP contribution < -0.4 is 14.4 Å². The van der Waals surface area contributed by atoms with Crippen LogP contribution in [0.2, 0.25) is 0 Å². The van der Waals surface area contributed by atoms with Gasteiger partial charge >= 0.3 is 0 Å². The first kappa shape index (κ1) is 20.6. The SMILES string of the molecule is COc1ccccc1N(CCCC(=O)Nc1c(F)cccc1F)S(C)(=O)=O. The van der Waals surface area contributed by atoms with Gasteiger partial charge in [0.05, 0.1) is 19.1 Å². The Kier molecular flexibility index (Phi) is 6.73. The van der Waals surface area contributed by atoms with Crippen molar-refractivity contribution in [3.63, 3.8) is 0 Å². The molecule has 0 heterocycles.